The number of hydrogen-bond acceptors (Lipinski definition) is 3. The van der Waals surface area contributed by atoms with Crippen molar-refractivity contribution in [2.24, 2.45) is 0 Å². The van der Waals surface area contributed by atoms with Crippen LogP contribution < -0.4 is 5.73 Å². The lowest BCUT2D eigenvalue weighted by molar-refractivity contribution is 0.942. The second-order valence-corrected chi connectivity index (χ2v) is 4.95. The fourth-order valence-electron chi connectivity index (χ4n) is 1.91. The molecule has 3 rings (SSSR count). The summed E-state index contributed by atoms with van der Waals surface area (Å²) in [5.74, 6) is 0. The first-order chi connectivity index (χ1) is 8.74. The van der Waals surface area contributed by atoms with Gasteiger partial charge in [-0.25, -0.2) is 9.50 Å². The van der Waals surface area contributed by atoms with Crippen LogP contribution in [0.1, 0.15) is 11.1 Å². The highest BCUT2D eigenvalue weighted by Crippen LogP contribution is 2.21. The molecule has 0 aliphatic rings. The number of aromatic nitrogens is 3. The summed E-state index contributed by atoms with van der Waals surface area (Å²) in [6, 6.07) is 8.15. The topological polar surface area (TPSA) is 56.2 Å². The van der Waals surface area contributed by atoms with E-state index in [9.17, 15) is 0 Å². The quantitative estimate of drug-likeness (QED) is 0.792. The van der Waals surface area contributed by atoms with Crippen molar-refractivity contribution in [3.05, 3.63) is 58.5 Å². The molecule has 0 saturated carbocycles. The maximum absolute atomic E-state index is 5.68. The van der Waals surface area contributed by atoms with Crippen molar-refractivity contribution < 1.29 is 0 Å². The summed E-state index contributed by atoms with van der Waals surface area (Å²) in [4.78, 5) is 4.33. The Balaban J connectivity index is 2.03. The second kappa shape index (κ2) is 4.42. The number of nitrogens with zero attached hydrogens (tertiary/aromatic N) is 3. The van der Waals surface area contributed by atoms with Crippen molar-refractivity contribution in [3.8, 4) is 0 Å². The first-order valence-corrected chi connectivity index (χ1v) is 6.34. The van der Waals surface area contributed by atoms with Crippen LogP contribution in [-0.2, 0) is 6.42 Å². The molecule has 0 atom stereocenters. The molecule has 0 unspecified atom stereocenters. The Bertz CT molecular complexity index is 705. The maximum atomic E-state index is 5.68. The van der Waals surface area contributed by atoms with E-state index in [-0.39, 0.29) is 0 Å². The summed E-state index contributed by atoms with van der Waals surface area (Å²) in [7, 11) is 0. The van der Waals surface area contributed by atoms with Crippen LogP contribution in [0.2, 0.25) is 0 Å². The van der Waals surface area contributed by atoms with E-state index in [1.54, 1.807) is 16.9 Å². The Labute approximate surface area is 113 Å². The molecule has 0 fully saturated rings. The van der Waals surface area contributed by atoms with Crippen molar-refractivity contribution in [2.75, 3.05) is 5.73 Å². The van der Waals surface area contributed by atoms with Crippen LogP contribution in [0.15, 0.2) is 47.3 Å². The van der Waals surface area contributed by atoms with Gasteiger partial charge >= 0.3 is 0 Å². The van der Waals surface area contributed by atoms with Crippen LogP contribution in [0.4, 0.5) is 5.69 Å². The van der Waals surface area contributed by atoms with E-state index in [4.69, 9.17) is 5.73 Å². The highest BCUT2D eigenvalue weighted by atomic mass is 79.9. The highest BCUT2D eigenvalue weighted by molar-refractivity contribution is 9.10. The van der Waals surface area contributed by atoms with Gasteiger partial charge in [0.25, 0.3) is 0 Å². The molecule has 90 valence electrons. The van der Waals surface area contributed by atoms with Gasteiger partial charge in [0.15, 0.2) is 5.65 Å². The number of hydrogen-bond donors (Lipinski definition) is 1. The molecule has 0 bridgehead atoms. The number of anilines is 1. The van der Waals surface area contributed by atoms with Gasteiger partial charge in [-0.3, -0.25) is 0 Å². The summed E-state index contributed by atoms with van der Waals surface area (Å²) >= 11 is 3.55. The van der Waals surface area contributed by atoms with Gasteiger partial charge < -0.3 is 5.73 Å². The van der Waals surface area contributed by atoms with Crippen molar-refractivity contribution >= 4 is 27.3 Å². The lowest BCUT2D eigenvalue weighted by atomic mass is 10.1. The minimum absolute atomic E-state index is 0.609. The average molecular weight is 303 g/mol. The van der Waals surface area contributed by atoms with Crippen LogP contribution in [0.25, 0.3) is 5.65 Å². The number of fused-ring (bicyclic) bond motifs is 1. The average Bonchev–Trinajstić information content (AvgIpc) is 2.74. The van der Waals surface area contributed by atoms with Gasteiger partial charge in [-0.05, 0) is 11.6 Å². The predicted octanol–water partition coefficient (Wildman–Crippen LogP) is 2.66. The SMILES string of the molecule is Nc1cnc2c(Cc3ccccc3Br)cnn2c1. The fraction of sp³-hybridized carbons (Fsp3) is 0.0769. The molecule has 4 nitrogen and oxygen atoms in total. The maximum Gasteiger partial charge on any atom is 0.158 e. The van der Waals surface area contributed by atoms with Crippen LogP contribution >= 0.6 is 15.9 Å². The van der Waals surface area contributed by atoms with Crippen LogP contribution in [0.3, 0.4) is 0 Å². The number of benzene rings is 1. The Kier molecular flexibility index (Phi) is 2.76. The Morgan fingerprint density at radius 2 is 2.00 bits per heavy atom. The van der Waals surface area contributed by atoms with Gasteiger partial charge in [0, 0.05) is 16.5 Å². The van der Waals surface area contributed by atoms with Crippen LogP contribution in [0, 0.1) is 0 Å². The molecule has 0 amide bonds. The molecule has 0 spiro atoms. The number of rotatable bonds is 2. The molecule has 2 N–H and O–H groups in total. The Hall–Kier alpha value is -1.88. The normalized spacial score (nSPS) is 10.9. The molecular formula is C13H11BrN4. The molecule has 0 aliphatic carbocycles. The van der Waals surface area contributed by atoms with Crippen LogP contribution in [-0.4, -0.2) is 14.6 Å². The van der Waals surface area contributed by atoms with Crippen molar-refractivity contribution in [3.63, 3.8) is 0 Å². The van der Waals surface area contributed by atoms with Gasteiger partial charge in [0.05, 0.1) is 24.3 Å². The summed E-state index contributed by atoms with van der Waals surface area (Å²) in [5.41, 5.74) is 9.43. The molecule has 2 aromatic heterocycles. The molecule has 1 aromatic carbocycles. The van der Waals surface area contributed by atoms with E-state index >= 15 is 0 Å². The van der Waals surface area contributed by atoms with E-state index in [0.29, 0.717) is 5.69 Å². The first-order valence-electron chi connectivity index (χ1n) is 5.55. The smallest absolute Gasteiger partial charge is 0.158 e. The zero-order chi connectivity index (χ0) is 12.5. The molecule has 3 aromatic rings. The van der Waals surface area contributed by atoms with Gasteiger partial charge in [-0.15, -0.1) is 0 Å². The molecule has 5 heteroatoms. The summed E-state index contributed by atoms with van der Waals surface area (Å²) < 4.78 is 2.81. The van der Waals surface area contributed by atoms with E-state index in [0.717, 1.165) is 22.1 Å². The molecular weight excluding hydrogens is 292 g/mol. The zero-order valence-electron chi connectivity index (χ0n) is 9.55. The van der Waals surface area contributed by atoms with E-state index < -0.39 is 0 Å². The first kappa shape index (κ1) is 11.2. The van der Waals surface area contributed by atoms with E-state index in [1.165, 1.54) is 5.56 Å². The molecule has 18 heavy (non-hydrogen) atoms. The largest absolute Gasteiger partial charge is 0.396 e. The molecule has 0 radical (unpaired) electrons. The van der Waals surface area contributed by atoms with Crippen LogP contribution in [0.5, 0.6) is 0 Å². The van der Waals surface area contributed by atoms with Gasteiger partial charge in [-0.2, -0.15) is 5.10 Å². The van der Waals surface area contributed by atoms with Crippen molar-refractivity contribution in [1.29, 1.82) is 0 Å². The number of nitrogens with two attached hydrogens (primary N) is 1. The predicted molar refractivity (Wildman–Crippen MR) is 74.3 cm³/mol. The fourth-order valence-corrected chi connectivity index (χ4v) is 2.33. The van der Waals surface area contributed by atoms with Gasteiger partial charge in [-0.1, -0.05) is 34.1 Å². The lowest BCUT2D eigenvalue weighted by Crippen LogP contribution is -1.96. The summed E-state index contributed by atoms with van der Waals surface area (Å²) in [6.07, 6.45) is 6.05. The lowest BCUT2D eigenvalue weighted by Gasteiger charge is -2.02. The number of halogens is 1. The molecule has 0 saturated heterocycles. The second-order valence-electron chi connectivity index (χ2n) is 4.09. The van der Waals surface area contributed by atoms with E-state index in [2.05, 4.69) is 32.1 Å². The summed E-state index contributed by atoms with van der Waals surface area (Å²) in [6.45, 7) is 0. The van der Waals surface area contributed by atoms with Crippen molar-refractivity contribution in [1.82, 2.24) is 14.6 Å². The Morgan fingerprint density at radius 1 is 1.17 bits per heavy atom. The minimum atomic E-state index is 0.609. The molecule has 0 aliphatic heterocycles. The summed E-state index contributed by atoms with van der Waals surface area (Å²) in [5, 5.41) is 4.26. The monoisotopic (exact) mass is 302 g/mol. The zero-order valence-corrected chi connectivity index (χ0v) is 11.1. The van der Waals surface area contributed by atoms with E-state index in [1.807, 2.05) is 24.4 Å². The third-order valence-corrected chi connectivity index (χ3v) is 3.56. The molecule has 2 heterocycles. The minimum Gasteiger partial charge on any atom is -0.396 e. The van der Waals surface area contributed by atoms with Crippen molar-refractivity contribution in [2.45, 2.75) is 6.42 Å². The standard InChI is InChI=1S/C13H11BrN4/c14-12-4-2-1-3-9(12)5-10-6-17-18-8-11(15)7-16-13(10)18/h1-4,6-8H,5,15H2. The third-order valence-electron chi connectivity index (χ3n) is 2.79. The van der Waals surface area contributed by atoms with Gasteiger partial charge in [0.1, 0.15) is 0 Å². The third kappa shape index (κ3) is 1.97. The highest BCUT2D eigenvalue weighted by Gasteiger charge is 2.08. The number of nitrogen functional groups attached to an aromatic ring is 1. The Morgan fingerprint density at radius 3 is 2.83 bits per heavy atom. The van der Waals surface area contributed by atoms with Gasteiger partial charge in [0.2, 0.25) is 0 Å².